The van der Waals surface area contributed by atoms with E-state index in [1.54, 1.807) is 0 Å². The van der Waals surface area contributed by atoms with Gasteiger partial charge in [-0.1, -0.05) is 35.5 Å². The molecular formula is C22H32N4O2. The Morgan fingerprint density at radius 1 is 1.07 bits per heavy atom. The molecule has 2 aliphatic heterocycles. The Labute approximate surface area is 167 Å². The maximum Gasteiger partial charge on any atom is 0.223 e. The summed E-state index contributed by atoms with van der Waals surface area (Å²) in [6, 6.07) is 10.8. The van der Waals surface area contributed by atoms with Crippen LogP contribution in [0.1, 0.15) is 36.5 Å². The Balaban J connectivity index is 1.29. The maximum absolute atomic E-state index is 6.21. The highest BCUT2D eigenvalue weighted by molar-refractivity contribution is 5.14. The van der Waals surface area contributed by atoms with E-state index in [2.05, 4.69) is 50.3 Å². The van der Waals surface area contributed by atoms with Crippen LogP contribution in [0.4, 0.5) is 0 Å². The predicted molar refractivity (Wildman–Crippen MR) is 108 cm³/mol. The lowest BCUT2D eigenvalue weighted by atomic mass is 9.94. The van der Waals surface area contributed by atoms with Crippen molar-refractivity contribution in [2.45, 2.75) is 45.3 Å². The standard InChI is InChI=1S/C22H32N4O2/c1-18-23-22(24-28-18)13-20-9-5-10-25(15-20)16-21-17-26(11-6-12-27-21)14-19-7-3-2-4-8-19/h2-4,7-8,20-21H,5-6,9-17H2,1H3. The maximum atomic E-state index is 6.21. The summed E-state index contributed by atoms with van der Waals surface area (Å²) in [5.74, 6) is 2.12. The monoisotopic (exact) mass is 384 g/mol. The number of hydrogen-bond donors (Lipinski definition) is 0. The number of hydrogen-bond acceptors (Lipinski definition) is 6. The van der Waals surface area contributed by atoms with E-state index in [0.29, 0.717) is 11.8 Å². The quantitative estimate of drug-likeness (QED) is 0.763. The number of piperidine rings is 1. The van der Waals surface area contributed by atoms with Crippen molar-refractivity contribution in [2.75, 3.05) is 39.3 Å². The van der Waals surface area contributed by atoms with Crippen molar-refractivity contribution in [1.29, 1.82) is 0 Å². The fourth-order valence-corrected chi connectivity index (χ4v) is 4.52. The molecule has 6 nitrogen and oxygen atoms in total. The molecule has 2 aliphatic rings. The highest BCUT2D eigenvalue weighted by atomic mass is 16.5. The first-order valence-corrected chi connectivity index (χ1v) is 10.6. The fraction of sp³-hybridized carbons (Fsp3) is 0.636. The molecule has 152 valence electrons. The highest BCUT2D eigenvalue weighted by Gasteiger charge is 2.26. The average Bonchev–Trinajstić information content (AvgIpc) is 2.97. The van der Waals surface area contributed by atoms with Crippen LogP contribution in [-0.4, -0.2) is 65.4 Å². The zero-order chi connectivity index (χ0) is 19.2. The van der Waals surface area contributed by atoms with Crippen molar-refractivity contribution in [2.24, 2.45) is 5.92 Å². The molecule has 2 unspecified atom stereocenters. The minimum Gasteiger partial charge on any atom is -0.376 e. The summed E-state index contributed by atoms with van der Waals surface area (Å²) in [6.45, 7) is 9.16. The third-order valence-electron chi connectivity index (χ3n) is 5.79. The number of benzene rings is 1. The molecule has 1 aromatic heterocycles. The van der Waals surface area contributed by atoms with E-state index in [4.69, 9.17) is 9.26 Å². The van der Waals surface area contributed by atoms with E-state index in [9.17, 15) is 0 Å². The van der Waals surface area contributed by atoms with Crippen molar-refractivity contribution >= 4 is 0 Å². The lowest BCUT2D eigenvalue weighted by Gasteiger charge is -2.35. The molecule has 0 aliphatic carbocycles. The summed E-state index contributed by atoms with van der Waals surface area (Å²) >= 11 is 0. The van der Waals surface area contributed by atoms with Crippen LogP contribution in [0.15, 0.2) is 34.9 Å². The summed E-state index contributed by atoms with van der Waals surface area (Å²) < 4.78 is 11.3. The number of aromatic nitrogens is 2. The largest absolute Gasteiger partial charge is 0.376 e. The van der Waals surface area contributed by atoms with Gasteiger partial charge in [0, 0.05) is 52.7 Å². The van der Waals surface area contributed by atoms with Crippen molar-refractivity contribution in [3.8, 4) is 0 Å². The fourth-order valence-electron chi connectivity index (χ4n) is 4.52. The zero-order valence-electron chi connectivity index (χ0n) is 16.9. The molecule has 0 radical (unpaired) electrons. The van der Waals surface area contributed by atoms with Crippen LogP contribution >= 0.6 is 0 Å². The Bertz CT molecular complexity index is 720. The second-order valence-electron chi connectivity index (χ2n) is 8.27. The van der Waals surface area contributed by atoms with Crippen molar-refractivity contribution in [1.82, 2.24) is 19.9 Å². The lowest BCUT2D eigenvalue weighted by Crippen LogP contribution is -2.44. The molecule has 1 aromatic carbocycles. The SMILES string of the molecule is Cc1nc(CC2CCCN(CC3CN(Cc4ccccc4)CCCO3)C2)no1. The van der Waals surface area contributed by atoms with Gasteiger partial charge in [0.05, 0.1) is 6.10 Å². The van der Waals surface area contributed by atoms with E-state index in [1.807, 2.05) is 6.92 Å². The molecule has 4 rings (SSSR count). The minimum atomic E-state index is 0.289. The van der Waals surface area contributed by atoms with Crippen molar-refractivity contribution < 1.29 is 9.26 Å². The Morgan fingerprint density at radius 2 is 1.93 bits per heavy atom. The smallest absolute Gasteiger partial charge is 0.223 e. The highest BCUT2D eigenvalue weighted by Crippen LogP contribution is 2.21. The third-order valence-corrected chi connectivity index (χ3v) is 5.79. The van der Waals surface area contributed by atoms with Crippen LogP contribution in [0.3, 0.4) is 0 Å². The van der Waals surface area contributed by atoms with E-state index in [1.165, 1.54) is 24.9 Å². The summed E-state index contributed by atoms with van der Waals surface area (Å²) in [5.41, 5.74) is 1.39. The van der Waals surface area contributed by atoms with Crippen LogP contribution in [0.25, 0.3) is 0 Å². The summed E-state index contributed by atoms with van der Waals surface area (Å²) in [5, 5.41) is 4.08. The minimum absolute atomic E-state index is 0.289. The summed E-state index contributed by atoms with van der Waals surface area (Å²) in [6.07, 6.45) is 4.80. The number of aryl methyl sites for hydroxylation is 1. The van der Waals surface area contributed by atoms with Gasteiger partial charge in [0.15, 0.2) is 5.82 Å². The predicted octanol–water partition coefficient (Wildman–Crippen LogP) is 2.92. The van der Waals surface area contributed by atoms with Crippen molar-refractivity contribution in [3.05, 3.63) is 47.6 Å². The second-order valence-corrected chi connectivity index (χ2v) is 8.27. The molecule has 2 saturated heterocycles. The molecule has 0 bridgehead atoms. The molecule has 28 heavy (non-hydrogen) atoms. The summed E-state index contributed by atoms with van der Waals surface area (Å²) in [4.78, 5) is 9.51. The van der Waals surface area contributed by atoms with Crippen LogP contribution in [0, 0.1) is 12.8 Å². The van der Waals surface area contributed by atoms with Crippen LogP contribution < -0.4 is 0 Å². The molecule has 0 N–H and O–H groups in total. The Kier molecular flexibility index (Phi) is 6.73. The van der Waals surface area contributed by atoms with Gasteiger partial charge >= 0.3 is 0 Å². The topological polar surface area (TPSA) is 54.6 Å². The molecule has 2 atom stereocenters. The number of rotatable bonds is 6. The molecular weight excluding hydrogens is 352 g/mol. The van der Waals surface area contributed by atoms with Gasteiger partial charge in [0.2, 0.25) is 5.89 Å². The van der Waals surface area contributed by atoms with Gasteiger partial charge in [0.1, 0.15) is 0 Å². The first-order chi connectivity index (χ1) is 13.7. The second kappa shape index (κ2) is 9.63. The van der Waals surface area contributed by atoms with Crippen LogP contribution in [0.5, 0.6) is 0 Å². The number of ether oxygens (including phenoxy) is 1. The van der Waals surface area contributed by atoms with Gasteiger partial charge in [-0.05, 0) is 37.3 Å². The molecule has 0 amide bonds. The molecule has 6 heteroatoms. The van der Waals surface area contributed by atoms with Crippen LogP contribution in [0.2, 0.25) is 0 Å². The first-order valence-electron chi connectivity index (χ1n) is 10.6. The average molecular weight is 385 g/mol. The van der Waals surface area contributed by atoms with Gasteiger partial charge in [-0.25, -0.2) is 0 Å². The van der Waals surface area contributed by atoms with Gasteiger partial charge in [-0.2, -0.15) is 4.98 Å². The molecule has 2 fully saturated rings. The number of likely N-dealkylation sites (tertiary alicyclic amines) is 1. The van der Waals surface area contributed by atoms with E-state index in [0.717, 1.165) is 58.0 Å². The molecule has 3 heterocycles. The van der Waals surface area contributed by atoms with E-state index < -0.39 is 0 Å². The van der Waals surface area contributed by atoms with Gasteiger partial charge in [-0.15, -0.1) is 0 Å². The van der Waals surface area contributed by atoms with Crippen molar-refractivity contribution in [3.63, 3.8) is 0 Å². The van der Waals surface area contributed by atoms with Gasteiger partial charge < -0.3 is 14.2 Å². The van der Waals surface area contributed by atoms with Crippen LogP contribution in [-0.2, 0) is 17.7 Å². The normalized spacial score (nSPS) is 24.9. The molecule has 2 aromatic rings. The van der Waals surface area contributed by atoms with E-state index >= 15 is 0 Å². The lowest BCUT2D eigenvalue weighted by molar-refractivity contribution is 0.0156. The van der Waals surface area contributed by atoms with E-state index in [-0.39, 0.29) is 6.10 Å². The molecule has 0 saturated carbocycles. The van der Waals surface area contributed by atoms with Gasteiger partial charge in [0.25, 0.3) is 0 Å². The number of nitrogens with zero attached hydrogens (tertiary/aromatic N) is 4. The zero-order valence-corrected chi connectivity index (χ0v) is 16.9. The Morgan fingerprint density at radius 3 is 2.75 bits per heavy atom. The first kappa shape index (κ1) is 19.6. The van der Waals surface area contributed by atoms with Gasteiger partial charge in [-0.3, -0.25) is 4.90 Å². The third kappa shape index (κ3) is 5.63. The molecule has 0 spiro atoms. The Hall–Kier alpha value is -1.76. The summed E-state index contributed by atoms with van der Waals surface area (Å²) in [7, 11) is 0.